The van der Waals surface area contributed by atoms with Gasteiger partial charge in [0.05, 0.1) is 6.61 Å². The fraction of sp³-hybridized carbons (Fsp3) is 0.304. The highest BCUT2D eigenvalue weighted by Gasteiger charge is 2.26. The van der Waals surface area contributed by atoms with E-state index in [1.165, 1.54) is 4.57 Å². The Kier molecular flexibility index (Phi) is 5.81. The molecule has 32 heavy (non-hydrogen) atoms. The topological polar surface area (TPSA) is 98.5 Å². The Hall–Kier alpha value is -3.88. The van der Waals surface area contributed by atoms with Crippen molar-refractivity contribution in [1.29, 1.82) is 0 Å². The average Bonchev–Trinajstić information content (AvgIpc) is 3.20. The molecule has 1 amide bonds. The lowest BCUT2D eigenvalue weighted by molar-refractivity contribution is -0.117. The molecule has 0 bridgehead atoms. The maximum atomic E-state index is 12.6. The fourth-order valence-electron chi connectivity index (χ4n) is 3.68. The smallest absolute Gasteiger partial charge is 0.333 e. The van der Waals surface area contributed by atoms with Crippen molar-refractivity contribution < 1.29 is 9.53 Å². The number of ether oxygens (including phenoxy) is 1. The molecular formula is C23H25N5O4. The second-order valence-corrected chi connectivity index (χ2v) is 7.59. The lowest BCUT2D eigenvalue weighted by Gasteiger charge is -2.18. The van der Waals surface area contributed by atoms with Crippen LogP contribution in [0.3, 0.4) is 0 Å². The number of carbonyl (C=O) groups excluding carboxylic acids is 1. The van der Waals surface area contributed by atoms with Gasteiger partial charge in [-0.1, -0.05) is 12.1 Å². The second kappa shape index (κ2) is 8.70. The normalized spacial score (nSPS) is 12.5. The number of aromatic nitrogens is 3. The number of amides is 1. The molecule has 0 aliphatic carbocycles. The molecule has 0 radical (unpaired) electrons. The highest BCUT2D eigenvalue weighted by molar-refractivity contribution is 5.91. The number of nitrogens with zero attached hydrogens (tertiary/aromatic N) is 4. The van der Waals surface area contributed by atoms with Crippen LogP contribution >= 0.6 is 0 Å². The van der Waals surface area contributed by atoms with Crippen molar-refractivity contribution in [2.24, 2.45) is 0 Å². The molecule has 3 aromatic rings. The summed E-state index contributed by atoms with van der Waals surface area (Å²) in [7, 11) is 0. The van der Waals surface area contributed by atoms with Crippen LogP contribution < -0.4 is 26.1 Å². The first-order valence-corrected chi connectivity index (χ1v) is 10.5. The van der Waals surface area contributed by atoms with Crippen LogP contribution in [-0.4, -0.2) is 33.4 Å². The predicted molar refractivity (Wildman–Crippen MR) is 122 cm³/mol. The summed E-state index contributed by atoms with van der Waals surface area (Å²) in [5.74, 6) is 0.649. The summed E-state index contributed by atoms with van der Waals surface area (Å²) in [6, 6.07) is 13.0. The second-order valence-electron chi connectivity index (χ2n) is 7.59. The third kappa shape index (κ3) is 4.01. The van der Waals surface area contributed by atoms with E-state index in [2.05, 4.69) is 10.4 Å². The Balaban J connectivity index is 1.61. The SMILES string of the molecule is CCOc1ccc(N2CCn3c2nn(CC(=O)Nc2cccc(C)c2C)c(=O)c3=O)cc1. The molecule has 1 aliphatic rings. The van der Waals surface area contributed by atoms with Crippen molar-refractivity contribution in [1.82, 2.24) is 14.3 Å². The van der Waals surface area contributed by atoms with Crippen LogP contribution in [0.15, 0.2) is 52.1 Å². The molecule has 0 unspecified atom stereocenters. The molecule has 2 heterocycles. The molecule has 1 aromatic heterocycles. The van der Waals surface area contributed by atoms with Gasteiger partial charge >= 0.3 is 11.1 Å². The Morgan fingerprint density at radius 1 is 1.06 bits per heavy atom. The minimum atomic E-state index is -0.821. The number of aryl methyl sites for hydroxylation is 1. The summed E-state index contributed by atoms with van der Waals surface area (Å²) >= 11 is 0. The molecule has 9 nitrogen and oxygen atoms in total. The first-order chi connectivity index (χ1) is 15.4. The van der Waals surface area contributed by atoms with Gasteiger partial charge in [-0.05, 0) is 62.2 Å². The van der Waals surface area contributed by atoms with Crippen LogP contribution in [0.4, 0.5) is 17.3 Å². The van der Waals surface area contributed by atoms with Gasteiger partial charge in [0.15, 0.2) is 0 Å². The third-order valence-corrected chi connectivity index (χ3v) is 5.53. The van der Waals surface area contributed by atoms with E-state index in [-0.39, 0.29) is 6.54 Å². The number of rotatable bonds is 6. The first kappa shape index (κ1) is 21.4. The van der Waals surface area contributed by atoms with E-state index in [0.29, 0.717) is 31.3 Å². The molecule has 4 rings (SSSR count). The number of anilines is 3. The van der Waals surface area contributed by atoms with E-state index in [1.807, 2.05) is 62.1 Å². The minimum absolute atomic E-state index is 0.332. The zero-order chi connectivity index (χ0) is 22.8. The van der Waals surface area contributed by atoms with Crippen molar-refractivity contribution in [2.75, 3.05) is 23.4 Å². The highest BCUT2D eigenvalue weighted by Crippen LogP contribution is 2.28. The van der Waals surface area contributed by atoms with Gasteiger partial charge in [-0.15, -0.1) is 5.10 Å². The lowest BCUT2D eigenvalue weighted by atomic mass is 10.1. The maximum Gasteiger partial charge on any atom is 0.333 e. The molecular weight excluding hydrogens is 410 g/mol. The first-order valence-electron chi connectivity index (χ1n) is 10.5. The van der Waals surface area contributed by atoms with Gasteiger partial charge < -0.3 is 15.0 Å². The van der Waals surface area contributed by atoms with Gasteiger partial charge in [0, 0.05) is 24.5 Å². The number of fused-ring (bicyclic) bond motifs is 1. The van der Waals surface area contributed by atoms with Crippen LogP contribution in [0.5, 0.6) is 5.75 Å². The molecule has 1 aliphatic heterocycles. The summed E-state index contributed by atoms with van der Waals surface area (Å²) in [4.78, 5) is 39.7. The lowest BCUT2D eigenvalue weighted by Crippen LogP contribution is -2.44. The molecule has 1 N–H and O–H groups in total. The number of hydrogen-bond donors (Lipinski definition) is 1. The Morgan fingerprint density at radius 2 is 1.81 bits per heavy atom. The summed E-state index contributed by atoms with van der Waals surface area (Å²) in [6.45, 7) is 6.83. The Labute approximate surface area is 184 Å². The van der Waals surface area contributed by atoms with E-state index in [0.717, 1.165) is 27.2 Å². The zero-order valence-electron chi connectivity index (χ0n) is 18.3. The molecule has 0 fully saturated rings. The van der Waals surface area contributed by atoms with E-state index >= 15 is 0 Å². The Morgan fingerprint density at radius 3 is 2.53 bits per heavy atom. The van der Waals surface area contributed by atoms with Gasteiger partial charge in [0.25, 0.3) is 0 Å². The number of nitrogens with one attached hydrogen (secondary N) is 1. The summed E-state index contributed by atoms with van der Waals surface area (Å²) in [6.07, 6.45) is 0. The van der Waals surface area contributed by atoms with Gasteiger partial charge in [0.2, 0.25) is 11.9 Å². The van der Waals surface area contributed by atoms with Crippen LogP contribution in [0.1, 0.15) is 18.1 Å². The van der Waals surface area contributed by atoms with Crippen molar-refractivity contribution in [3.05, 3.63) is 74.3 Å². The zero-order valence-corrected chi connectivity index (χ0v) is 18.3. The maximum absolute atomic E-state index is 12.6. The largest absolute Gasteiger partial charge is 0.494 e. The van der Waals surface area contributed by atoms with Gasteiger partial charge in [-0.2, -0.15) is 0 Å². The third-order valence-electron chi connectivity index (χ3n) is 5.53. The van der Waals surface area contributed by atoms with Crippen LogP contribution in [0.25, 0.3) is 0 Å². The quantitative estimate of drug-likeness (QED) is 0.596. The van der Waals surface area contributed by atoms with Crippen molar-refractivity contribution in [3.8, 4) is 5.75 Å². The molecule has 0 spiro atoms. The van der Waals surface area contributed by atoms with E-state index in [9.17, 15) is 14.4 Å². The van der Waals surface area contributed by atoms with E-state index < -0.39 is 17.0 Å². The van der Waals surface area contributed by atoms with Gasteiger partial charge in [-0.25, -0.2) is 4.68 Å². The van der Waals surface area contributed by atoms with Gasteiger partial charge in [0.1, 0.15) is 12.3 Å². The molecule has 0 saturated heterocycles. The van der Waals surface area contributed by atoms with E-state index in [4.69, 9.17) is 4.74 Å². The van der Waals surface area contributed by atoms with E-state index in [1.54, 1.807) is 6.07 Å². The fourth-order valence-corrected chi connectivity index (χ4v) is 3.68. The summed E-state index contributed by atoms with van der Waals surface area (Å²) in [5, 5.41) is 7.15. The number of hydrogen-bond acceptors (Lipinski definition) is 6. The Bertz CT molecular complexity index is 1280. The number of benzene rings is 2. The summed E-state index contributed by atoms with van der Waals surface area (Å²) in [5.41, 5.74) is 1.95. The molecule has 0 atom stereocenters. The number of carbonyl (C=O) groups is 1. The monoisotopic (exact) mass is 435 g/mol. The van der Waals surface area contributed by atoms with Crippen LogP contribution in [-0.2, 0) is 17.9 Å². The van der Waals surface area contributed by atoms with Gasteiger partial charge in [-0.3, -0.25) is 19.0 Å². The van der Waals surface area contributed by atoms with Crippen LogP contribution in [0, 0.1) is 13.8 Å². The molecule has 166 valence electrons. The van der Waals surface area contributed by atoms with Crippen molar-refractivity contribution in [2.45, 2.75) is 33.9 Å². The molecule has 2 aromatic carbocycles. The van der Waals surface area contributed by atoms with Crippen LogP contribution in [0.2, 0.25) is 0 Å². The summed E-state index contributed by atoms with van der Waals surface area (Å²) < 4.78 is 7.75. The van der Waals surface area contributed by atoms with Crippen molar-refractivity contribution in [3.63, 3.8) is 0 Å². The van der Waals surface area contributed by atoms with Crippen molar-refractivity contribution >= 4 is 23.2 Å². The standard InChI is InChI=1S/C23H25N5O4/c1-4-32-18-10-8-17(9-11-18)26-12-13-27-21(30)22(31)28(25-23(26)27)14-20(29)24-19-7-5-6-15(2)16(19)3/h5-11H,4,12-14H2,1-3H3,(H,24,29). The highest BCUT2D eigenvalue weighted by atomic mass is 16.5. The predicted octanol–water partition coefficient (Wildman–Crippen LogP) is 2.21. The molecule has 9 heteroatoms. The average molecular weight is 435 g/mol. The molecule has 0 saturated carbocycles. The minimum Gasteiger partial charge on any atom is -0.494 e.